The highest BCUT2D eigenvalue weighted by atomic mass is 32.2. The molecular formula is C5H12NO2S-. The van der Waals surface area contributed by atoms with Gasteiger partial charge >= 0.3 is 0 Å². The summed E-state index contributed by atoms with van der Waals surface area (Å²) in [7, 11) is -3.16. The van der Waals surface area contributed by atoms with E-state index in [1.165, 1.54) is 0 Å². The molecule has 0 aliphatic carbocycles. The Morgan fingerprint density at radius 1 is 1.44 bits per heavy atom. The zero-order valence-corrected chi connectivity index (χ0v) is 6.99. The second-order valence-corrected chi connectivity index (χ2v) is 4.64. The van der Waals surface area contributed by atoms with Crippen LogP contribution in [-0.2, 0) is 10.0 Å². The van der Waals surface area contributed by atoms with Crippen LogP contribution in [0.5, 0.6) is 0 Å². The molecule has 0 heterocycles. The van der Waals surface area contributed by atoms with Crippen molar-refractivity contribution in [2.45, 2.75) is 26.3 Å². The van der Waals surface area contributed by atoms with Gasteiger partial charge in [-0.3, -0.25) is 4.21 Å². The molecule has 3 nitrogen and oxygen atoms in total. The van der Waals surface area contributed by atoms with Crippen molar-refractivity contribution in [3.63, 3.8) is 0 Å². The molecule has 0 aliphatic heterocycles. The quantitative estimate of drug-likeness (QED) is 0.517. The van der Waals surface area contributed by atoms with Crippen LogP contribution in [0.1, 0.15) is 20.8 Å². The number of hydrogen-bond acceptors (Lipinski definition) is 3. The molecule has 0 aromatic rings. The standard InChI is InChI=1S/C5H13NO2S/c1-5(2,3)6-9(4,7)8/h1-4H3,(H,6,7,8)/p-1. The first kappa shape index (κ1) is 8.91. The van der Waals surface area contributed by atoms with Gasteiger partial charge < -0.3 is 4.55 Å². The molecule has 0 amide bonds. The molecule has 0 saturated carbocycles. The predicted octanol–water partition coefficient (Wildman–Crippen LogP) is 1.01. The van der Waals surface area contributed by atoms with E-state index >= 15 is 0 Å². The fraction of sp³-hybridized carbons (Fsp3) is 1.00. The lowest BCUT2D eigenvalue weighted by molar-refractivity contribution is 0.507. The summed E-state index contributed by atoms with van der Waals surface area (Å²) < 4.78 is 24.5. The molecule has 0 N–H and O–H groups in total. The number of rotatable bonds is 0. The third kappa shape index (κ3) is 7.91. The van der Waals surface area contributed by atoms with Crippen LogP contribution >= 0.6 is 0 Å². The van der Waals surface area contributed by atoms with E-state index in [9.17, 15) is 8.76 Å². The maximum atomic E-state index is 10.5. The average Bonchev–Trinajstić information content (AvgIpc) is 1.14. The normalized spacial score (nSPS) is 18.8. The van der Waals surface area contributed by atoms with Gasteiger partial charge in [0.05, 0.1) is 5.54 Å². The molecule has 0 fully saturated rings. The van der Waals surface area contributed by atoms with Crippen molar-refractivity contribution in [1.82, 2.24) is 0 Å². The van der Waals surface area contributed by atoms with E-state index in [4.69, 9.17) is 0 Å². The highest BCUT2D eigenvalue weighted by Gasteiger charge is 2.05. The predicted molar refractivity (Wildman–Crippen MR) is 37.0 cm³/mol. The second-order valence-electron chi connectivity index (χ2n) is 3.00. The van der Waals surface area contributed by atoms with Crippen LogP contribution in [0.25, 0.3) is 0 Å². The summed E-state index contributed by atoms with van der Waals surface area (Å²) in [6, 6.07) is 0. The molecule has 9 heavy (non-hydrogen) atoms. The molecule has 1 unspecified atom stereocenters. The highest BCUT2D eigenvalue weighted by Crippen LogP contribution is 2.07. The van der Waals surface area contributed by atoms with Gasteiger partial charge in [0.15, 0.2) is 0 Å². The fourth-order valence-corrected chi connectivity index (χ4v) is 1.49. The van der Waals surface area contributed by atoms with E-state index < -0.39 is 15.5 Å². The number of hydrogen-bond donors (Lipinski definition) is 0. The molecule has 0 saturated heterocycles. The Hall–Kier alpha value is -0.0900. The Balaban J connectivity index is 4.53. The van der Waals surface area contributed by atoms with Crippen LogP contribution in [0.4, 0.5) is 0 Å². The summed E-state index contributed by atoms with van der Waals surface area (Å²) in [5.41, 5.74) is -0.479. The first-order valence-electron chi connectivity index (χ1n) is 2.65. The fourth-order valence-electron chi connectivity index (χ4n) is 0.497. The van der Waals surface area contributed by atoms with E-state index in [2.05, 4.69) is 4.36 Å². The van der Waals surface area contributed by atoms with Crippen molar-refractivity contribution < 1.29 is 8.76 Å². The van der Waals surface area contributed by atoms with Gasteiger partial charge in [-0.25, -0.2) is 4.36 Å². The van der Waals surface area contributed by atoms with Gasteiger partial charge in [0.2, 0.25) is 0 Å². The minimum Gasteiger partial charge on any atom is -0.764 e. The Morgan fingerprint density at radius 2 is 1.78 bits per heavy atom. The molecule has 0 aromatic carbocycles. The smallest absolute Gasteiger partial charge is 0.0607 e. The molecule has 0 aromatic heterocycles. The lowest BCUT2D eigenvalue weighted by atomic mass is 10.1. The molecule has 0 radical (unpaired) electrons. The van der Waals surface area contributed by atoms with Crippen molar-refractivity contribution in [2.75, 3.05) is 6.26 Å². The largest absolute Gasteiger partial charge is 0.764 e. The maximum absolute atomic E-state index is 10.5. The Kier molecular flexibility index (Phi) is 2.24. The van der Waals surface area contributed by atoms with Gasteiger partial charge in [-0.15, -0.1) is 0 Å². The maximum Gasteiger partial charge on any atom is 0.0607 e. The van der Waals surface area contributed by atoms with Crippen molar-refractivity contribution in [1.29, 1.82) is 0 Å². The van der Waals surface area contributed by atoms with Crippen LogP contribution in [0.2, 0.25) is 0 Å². The first-order valence-corrected chi connectivity index (χ1v) is 4.50. The third-order valence-corrected chi connectivity index (χ3v) is 1.32. The first-order chi connectivity index (χ1) is 3.71. The van der Waals surface area contributed by atoms with E-state index in [1.807, 2.05) is 0 Å². The summed E-state index contributed by atoms with van der Waals surface area (Å²) in [6.45, 7) is 5.23. The molecular weight excluding hydrogens is 138 g/mol. The van der Waals surface area contributed by atoms with Gasteiger partial charge in [0, 0.05) is 6.26 Å². The van der Waals surface area contributed by atoms with Crippen LogP contribution in [0.15, 0.2) is 4.36 Å². The zero-order valence-electron chi connectivity index (χ0n) is 6.17. The van der Waals surface area contributed by atoms with Crippen LogP contribution in [0.3, 0.4) is 0 Å². The van der Waals surface area contributed by atoms with Gasteiger partial charge in [0.25, 0.3) is 0 Å². The van der Waals surface area contributed by atoms with Gasteiger partial charge in [-0.2, -0.15) is 0 Å². The minimum absolute atomic E-state index is 0.479. The van der Waals surface area contributed by atoms with Gasteiger partial charge in [-0.05, 0) is 30.8 Å². The third-order valence-electron chi connectivity index (χ3n) is 0.440. The van der Waals surface area contributed by atoms with Crippen molar-refractivity contribution in [3.05, 3.63) is 0 Å². The summed E-state index contributed by atoms with van der Waals surface area (Å²) in [6.07, 6.45) is 1.10. The van der Waals surface area contributed by atoms with Gasteiger partial charge in [-0.1, -0.05) is 0 Å². The lowest BCUT2D eigenvalue weighted by Gasteiger charge is -2.17. The van der Waals surface area contributed by atoms with E-state index in [0.29, 0.717) is 0 Å². The average molecular weight is 150 g/mol. The van der Waals surface area contributed by atoms with Crippen molar-refractivity contribution in [2.24, 2.45) is 4.36 Å². The summed E-state index contributed by atoms with van der Waals surface area (Å²) in [4.78, 5) is 0. The monoisotopic (exact) mass is 150 g/mol. The second kappa shape index (κ2) is 2.27. The van der Waals surface area contributed by atoms with E-state index in [-0.39, 0.29) is 0 Å². The Bertz CT molecular complexity index is 187. The molecule has 0 bridgehead atoms. The van der Waals surface area contributed by atoms with E-state index in [1.54, 1.807) is 20.8 Å². The minimum atomic E-state index is -3.16. The lowest BCUT2D eigenvalue weighted by Crippen LogP contribution is -2.13. The SMILES string of the molecule is CC(C)(C)N=S(C)(=O)[O-]. The summed E-state index contributed by atoms with van der Waals surface area (Å²) in [5, 5.41) is 0. The molecule has 0 spiro atoms. The van der Waals surface area contributed by atoms with Crippen molar-refractivity contribution in [3.8, 4) is 0 Å². The molecule has 1 atom stereocenters. The zero-order chi connectivity index (χ0) is 7.71. The Labute approximate surface area is 56.5 Å². The van der Waals surface area contributed by atoms with Crippen LogP contribution in [-0.4, -0.2) is 20.6 Å². The summed E-state index contributed by atoms with van der Waals surface area (Å²) in [5.74, 6) is 0. The molecule has 0 rings (SSSR count). The van der Waals surface area contributed by atoms with Crippen molar-refractivity contribution >= 4 is 10.0 Å². The van der Waals surface area contributed by atoms with E-state index in [0.717, 1.165) is 6.26 Å². The Morgan fingerprint density at radius 3 is 1.78 bits per heavy atom. The molecule has 56 valence electrons. The molecule has 4 heteroatoms. The van der Waals surface area contributed by atoms with Gasteiger partial charge in [0.1, 0.15) is 0 Å². The summed E-state index contributed by atoms with van der Waals surface area (Å²) >= 11 is 0. The number of nitrogens with zero attached hydrogens (tertiary/aromatic N) is 1. The van der Waals surface area contributed by atoms with Crippen LogP contribution < -0.4 is 0 Å². The molecule has 0 aliphatic rings. The van der Waals surface area contributed by atoms with Crippen LogP contribution in [0, 0.1) is 0 Å². The highest BCUT2D eigenvalue weighted by molar-refractivity contribution is 7.87. The topological polar surface area (TPSA) is 52.5 Å².